The number of carbonyl (C=O) groups excluding carboxylic acids is 1. The Hall–Kier alpha value is -2.05. The van der Waals surface area contributed by atoms with Gasteiger partial charge in [-0.1, -0.05) is 12.1 Å². The fourth-order valence-electron chi connectivity index (χ4n) is 2.02. The average Bonchev–Trinajstić information content (AvgIpc) is 2.62. The summed E-state index contributed by atoms with van der Waals surface area (Å²) in [6.07, 6.45) is -3.75. The van der Waals surface area contributed by atoms with Crippen LogP contribution in [0.1, 0.15) is 18.0 Å². The molecule has 96 valence electrons. The van der Waals surface area contributed by atoms with Gasteiger partial charge in [-0.25, -0.2) is 4.79 Å². The van der Waals surface area contributed by atoms with E-state index in [-0.39, 0.29) is 18.1 Å². The summed E-state index contributed by atoms with van der Waals surface area (Å²) >= 11 is 0. The predicted molar refractivity (Wildman–Crippen MR) is 54.5 cm³/mol. The molecule has 1 fully saturated rings. The second-order valence-corrected chi connectivity index (χ2v) is 3.96. The van der Waals surface area contributed by atoms with Crippen LogP contribution in [-0.2, 0) is 4.74 Å². The van der Waals surface area contributed by atoms with Crippen LogP contribution in [-0.4, -0.2) is 19.0 Å². The van der Waals surface area contributed by atoms with Crippen LogP contribution in [0.15, 0.2) is 18.2 Å². The molecule has 1 aromatic carbocycles. The van der Waals surface area contributed by atoms with Crippen molar-refractivity contribution >= 4 is 6.09 Å². The van der Waals surface area contributed by atoms with Crippen molar-refractivity contribution in [3.05, 3.63) is 23.8 Å². The van der Waals surface area contributed by atoms with Gasteiger partial charge in [-0.15, -0.1) is 8.78 Å². The van der Waals surface area contributed by atoms with Crippen molar-refractivity contribution in [2.24, 2.45) is 0 Å². The van der Waals surface area contributed by atoms with Gasteiger partial charge in [0.2, 0.25) is 0 Å². The Bertz CT molecular complexity index is 506. The summed E-state index contributed by atoms with van der Waals surface area (Å²) in [7, 11) is 0. The number of carbonyl (C=O) groups is 1. The van der Waals surface area contributed by atoms with Crippen LogP contribution in [0.4, 0.5) is 13.6 Å². The molecule has 5 nitrogen and oxygen atoms in total. The maximum Gasteiger partial charge on any atom is 0.586 e. The second-order valence-electron chi connectivity index (χ2n) is 3.96. The Labute approximate surface area is 101 Å². The highest BCUT2D eigenvalue weighted by Crippen LogP contribution is 2.45. The van der Waals surface area contributed by atoms with Crippen molar-refractivity contribution < 1.29 is 27.8 Å². The number of alkyl halides is 2. The molecule has 1 saturated heterocycles. The van der Waals surface area contributed by atoms with E-state index in [1.54, 1.807) is 12.1 Å². The number of cyclic esters (lactones) is 1. The minimum Gasteiger partial charge on any atom is -0.449 e. The van der Waals surface area contributed by atoms with Crippen molar-refractivity contribution in [2.45, 2.75) is 18.8 Å². The fraction of sp³-hybridized carbons (Fsp3) is 0.364. The monoisotopic (exact) mass is 257 g/mol. The Morgan fingerprint density at radius 3 is 2.94 bits per heavy atom. The third-order valence-electron chi connectivity index (χ3n) is 2.77. The first kappa shape index (κ1) is 11.1. The fourth-order valence-corrected chi connectivity index (χ4v) is 2.02. The zero-order chi connectivity index (χ0) is 12.8. The molecule has 0 radical (unpaired) electrons. The van der Waals surface area contributed by atoms with Gasteiger partial charge >= 0.3 is 12.4 Å². The molecular weight excluding hydrogens is 248 g/mol. The third kappa shape index (κ3) is 1.81. The Morgan fingerprint density at radius 1 is 1.33 bits per heavy atom. The van der Waals surface area contributed by atoms with E-state index in [2.05, 4.69) is 14.8 Å². The minimum absolute atomic E-state index is 0.0294. The standard InChI is InChI=1S/C11H9F2NO4/c12-11(13)17-8-3-1-2-6(9(8)18-11)7-4-5-16-10(15)14-7/h1-3,7H,4-5H2,(H,14,15)/t7-/m0/s1. The molecule has 3 rings (SSSR count). The second kappa shape index (κ2) is 3.72. The number of hydrogen-bond acceptors (Lipinski definition) is 4. The number of alkyl carbamates (subject to hydrolysis) is 1. The highest BCUT2D eigenvalue weighted by Gasteiger charge is 2.45. The van der Waals surface area contributed by atoms with E-state index in [1.165, 1.54) is 6.07 Å². The Kier molecular flexibility index (Phi) is 2.29. The van der Waals surface area contributed by atoms with Crippen LogP contribution >= 0.6 is 0 Å². The minimum atomic E-state index is -3.66. The summed E-state index contributed by atoms with van der Waals surface area (Å²) < 4.78 is 39.5. The molecule has 1 N–H and O–H groups in total. The van der Waals surface area contributed by atoms with Gasteiger partial charge in [0.25, 0.3) is 0 Å². The van der Waals surface area contributed by atoms with E-state index < -0.39 is 18.4 Å². The molecule has 18 heavy (non-hydrogen) atoms. The summed E-state index contributed by atoms with van der Waals surface area (Å²) in [6, 6.07) is 4.15. The first-order valence-corrected chi connectivity index (χ1v) is 5.37. The Balaban J connectivity index is 1.95. The van der Waals surface area contributed by atoms with E-state index >= 15 is 0 Å². The normalized spacial score (nSPS) is 24.3. The van der Waals surface area contributed by atoms with Gasteiger partial charge < -0.3 is 19.5 Å². The predicted octanol–water partition coefficient (Wildman–Crippen LogP) is 2.18. The van der Waals surface area contributed by atoms with Crippen LogP contribution in [0.25, 0.3) is 0 Å². The lowest BCUT2D eigenvalue weighted by Crippen LogP contribution is -2.35. The molecule has 0 aromatic heterocycles. The van der Waals surface area contributed by atoms with Crippen LogP contribution in [0.3, 0.4) is 0 Å². The highest BCUT2D eigenvalue weighted by atomic mass is 19.3. The largest absolute Gasteiger partial charge is 0.586 e. The molecule has 0 bridgehead atoms. The maximum atomic E-state index is 13.0. The van der Waals surface area contributed by atoms with Gasteiger partial charge in [0.05, 0.1) is 12.6 Å². The lowest BCUT2D eigenvalue weighted by molar-refractivity contribution is -0.287. The average molecular weight is 257 g/mol. The van der Waals surface area contributed by atoms with Crippen LogP contribution in [0.2, 0.25) is 0 Å². The molecule has 7 heteroatoms. The number of benzene rings is 1. The molecule has 1 atom stereocenters. The topological polar surface area (TPSA) is 56.8 Å². The number of para-hydroxylation sites is 1. The first-order chi connectivity index (χ1) is 8.55. The van der Waals surface area contributed by atoms with Gasteiger partial charge in [0.15, 0.2) is 11.5 Å². The highest BCUT2D eigenvalue weighted by molar-refractivity contribution is 5.69. The van der Waals surface area contributed by atoms with Gasteiger partial charge in [-0.2, -0.15) is 0 Å². The van der Waals surface area contributed by atoms with Crippen LogP contribution < -0.4 is 14.8 Å². The maximum absolute atomic E-state index is 13.0. The third-order valence-corrected chi connectivity index (χ3v) is 2.77. The SMILES string of the molecule is O=C1N[C@H](c2cccc3c2OC(F)(F)O3)CCO1. The molecule has 2 aliphatic rings. The van der Waals surface area contributed by atoms with Crippen molar-refractivity contribution in [2.75, 3.05) is 6.61 Å². The van der Waals surface area contributed by atoms with E-state index in [9.17, 15) is 13.6 Å². The van der Waals surface area contributed by atoms with E-state index in [0.717, 1.165) is 0 Å². The zero-order valence-electron chi connectivity index (χ0n) is 9.11. The quantitative estimate of drug-likeness (QED) is 0.837. The van der Waals surface area contributed by atoms with Gasteiger partial charge in [0.1, 0.15) is 0 Å². The zero-order valence-corrected chi connectivity index (χ0v) is 9.11. The number of halogens is 2. The summed E-state index contributed by atoms with van der Waals surface area (Å²) in [5, 5.41) is 2.55. The van der Waals surface area contributed by atoms with Crippen molar-refractivity contribution in [1.29, 1.82) is 0 Å². The van der Waals surface area contributed by atoms with Gasteiger partial charge in [-0.05, 0) is 6.07 Å². The number of hydrogen-bond donors (Lipinski definition) is 1. The Morgan fingerprint density at radius 2 is 2.17 bits per heavy atom. The molecule has 0 aliphatic carbocycles. The van der Waals surface area contributed by atoms with Gasteiger partial charge in [0, 0.05) is 12.0 Å². The molecule has 2 aliphatic heterocycles. The summed E-state index contributed by atoms with van der Waals surface area (Å²) in [5.41, 5.74) is 0.460. The van der Waals surface area contributed by atoms with Crippen molar-refractivity contribution in [1.82, 2.24) is 5.32 Å². The van der Waals surface area contributed by atoms with E-state index in [0.29, 0.717) is 12.0 Å². The molecule has 1 aromatic rings. The molecular formula is C11H9F2NO4. The van der Waals surface area contributed by atoms with Crippen LogP contribution in [0, 0.1) is 0 Å². The first-order valence-electron chi connectivity index (χ1n) is 5.37. The lowest BCUT2D eigenvalue weighted by atomic mass is 10.0. The number of fused-ring (bicyclic) bond motifs is 1. The smallest absolute Gasteiger partial charge is 0.449 e. The van der Waals surface area contributed by atoms with Crippen molar-refractivity contribution in [3.8, 4) is 11.5 Å². The molecule has 0 unspecified atom stereocenters. The number of rotatable bonds is 1. The van der Waals surface area contributed by atoms with Gasteiger partial charge in [-0.3, -0.25) is 0 Å². The molecule has 1 amide bonds. The molecule has 0 spiro atoms. The summed E-state index contributed by atoms with van der Waals surface area (Å²) in [5.74, 6) is -0.0621. The lowest BCUT2D eigenvalue weighted by Gasteiger charge is -2.24. The molecule has 2 heterocycles. The number of ether oxygens (including phenoxy) is 3. The van der Waals surface area contributed by atoms with Crippen LogP contribution in [0.5, 0.6) is 11.5 Å². The number of amides is 1. The number of nitrogens with one attached hydrogen (secondary N) is 1. The summed E-state index contributed by atoms with van der Waals surface area (Å²) in [4.78, 5) is 11.1. The molecule has 0 saturated carbocycles. The van der Waals surface area contributed by atoms with Crippen molar-refractivity contribution in [3.63, 3.8) is 0 Å². The van der Waals surface area contributed by atoms with E-state index in [4.69, 9.17) is 4.74 Å². The summed E-state index contributed by atoms with van der Waals surface area (Å²) in [6.45, 7) is 0.234. The van der Waals surface area contributed by atoms with E-state index in [1.807, 2.05) is 0 Å².